The maximum absolute atomic E-state index is 13.4. The molecule has 10 nitrogen and oxygen atoms in total. The van der Waals surface area contributed by atoms with Gasteiger partial charge in [0.15, 0.2) is 0 Å². The van der Waals surface area contributed by atoms with Gasteiger partial charge in [-0.15, -0.1) is 0 Å². The van der Waals surface area contributed by atoms with Crippen LogP contribution in [-0.4, -0.2) is 43.0 Å². The molecular formula is C30H33N3O7. The Hall–Kier alpha value is -4.73. The van der Waals surface area contributed by atoms with Crippen LogP contribution in [0.25, 0.3) is 0 Å². The highest BCUT2D eigenvalue weighted by molar-refractivity contribution is 6.11. The summed E-state index contributed by atoms with van der Waals surface area (Å²) in [7, 11) is 1.51. The predicted octanol–water partition coefficient (Wildman–Crippen LogP) is 5.93. The Morgan fingerprint density at radius 1 is 0.975 bits per heavy atom. The Morgan fingerprint density at radius 3 is 2.40 bits per heavy atom. The van der Waals surface area contributed by atoms with Gasteiger partial charge in [0.1, 0.15) is 11.3 Å². The Labute approximate surface area is 233 Å². The molecule has 0 fully saturated rings. The van der Waals surface area contributed by atoms with Crippen molar-refractivity contribution in [3.05, 3.63) is 93.5 Å². The molecule has 0 aliphatic carbocycles. The van der Waals surface area contributed by atoms with Crippen LogP contribution in [0.15, 0.2) is 66.7 Å². The maximum Gasteiger partial charge on any atom is 0.305 e. The van der Waals surface area contributed by atoms with E-state index in [0.29, 0.717) is 49.6 Å². The molecule has 0 aliphatic rings. The fraction of sp³-hybridized carbons (Fsp3) is 0.300. The van der Waals surface area contributed by atoms with E-state index < -0.39 is 22.4 Å². The van der Waals surface area contributed by atoms with E-state index in [-0.39, 0.29) is 17.1 Å². The number of nitrogens with one attached hydrogen (secondary N) is 1. The van der Waals surface area contributed by atoms with E-state index in [4.69, 9.17) is 9.47 Å². The number of nitrogens with zero attached hydrogens (tertiary/aromatic N) is 2. The van der Waals surface area contributed by atoms with Crippen LogP contribution in [0.2, 0.25) is 0 Å². The van der Waals surface area contributed by atoms with E-state index in [1.54, 1.807) is 43.3 Å². The van der Waals surface area contributed by atoms with Gasteiger partial charge >= 0.3 is 5.97 Å². The molecule has 0 unspecified atom stereocenters. The molecule has 40 heavy (non-hydrogen) atoms. The summed E-state index contributed by atoms with van der Waals surface area (Å²) in [4.78, 5) is 50.0. The van der Waals surface area contributed by atoms with Gasteiger partial charge in [0.2, 0.25) is 0 Å². The number of nitro groups is 1. The molecule has 0 atom stereocenters. The van der Waals surface area contributed by atoms with Gasteiger partial charge < -0.3 is 19.7 Å². The molecule has 0 saturated carbocycles. The fourth-order valence-corrected chi connectivity index (χ4v) is 3.95. The average Bonchev–Trinajstić information content (AvgIpc) is 2.95. The number of ether oxygens (including phenoxy) is 2. The highest BCUT2D eigenvalue weighted by Crippen LogP contribution is 2.31. The van der Waals surface area contributed by atoms with Crippen LogP contribution in [0.1, 0.15) is 58.9 Å². The van der Waals surface area contributed by atoms with Gasteiger partial charge in [0.05, 0.1) is 23.8 Å². The minimum absolute atomic E-state index is 0.0539. The van der Waals surface area contributed by atoms with E-state index in [0.717, 1.165) is 18.1 Å². The zero-order valence-corrected chi connectivity index (χ0v) is 22.8. The Kier molecular flexibility index (Phi) is 10.8. The summed E-state index contributed by atoms with van der Waals surface area (Å²) >= 11 is 0. The van der Waals surface area contributed by atoms with Crippen molar-refractivity contribution in [2.24, 2.45) is 0 Å². The number of amides is 2. The normalized spacial score (nSPS) is 10.5. The first-order chi connectivity index (χ1) is 19.2. The molecule has 3 aromatic carbocycles. The summed E-state index contributed by atoms with van der Waals surface area (Å²) < 4.78 is 10.8. The van der Waals surface area contributed by atoms with Crippen molar-refractivity contribution in [2.45, 2.75) is 39.5 Å². The SMILES string of the molecule is CCOC(=O)CCCCCOc1ccccc1N(C)C(=O)c1ccc(C(=O)Nc2ccc(C)cc2)cc1[N+](=O)[O-]. The third-order valence-electron chi connectivity index (χ3n) is 6.12. The van der Waals surface area contributed by atoms with Gasteiger partial charge in [-0.25, -0.2) is 0 Å². The first-order valence-electron chi connectivity index (χ1n) is 13.0. The monoisotopic (exact) mass is 547 g/mol. The number of nitro benzene ring substituents is 1. The number of hydrogen-bond acceptors (Lipinski definition) is 7. The quantitative estimate of drug-likeness (QED) is 0.121. The van der Waals surface area contributed by atoms with Crippen molar-refractivity contribution in [3.63, 3.8) is 0 Å². The summed E-state index contributed by atoms with van der Waals surface area (Å²) in [5.41, 5.74) is 1.43. The van der Waals surface area contributed by atoms with Crippen molar-refractivity contribution in [1.82, 2.24) is 0 Å². The summed E-state index contributed by atoms with van der Waals surface area (Å²) in [6.07, 6.45) is 2.51. The van der Waals surface area contributed by atoms with Crippen LogP contribution in [0, 0.1) is 17.0 Å². The second-order valence-corrected chi connectivity index (χ2v) is 9.11. The molecule has 0 bridgehead atoms. The maximum atomic E-state index is 13.4. The molecule has 10 heteroatoms. The van der Waals surface area contributed by atoms with Crippen LogP contribution >= 0.6 is 0 Å². The average molecular weight is 548 g/mol. The third kappa shape index (κ3) is 8.13. The first kappa shape index (κ1) is 29.8. The van der Waals surface area contributed by atoms with Gasteiger partial charge in [0, 0.05) is 30.8 Å². The lowest BCUT2D eigenvalue weighted by molar-refractivity contribution is -0.385. The second-order valence-electron chi connectivity index (χ2n) is 9.11. The number of esters is 1. The number of unbranched alkanes of at least 4 members (excludes halogenated alkanes) is 2. The van der Waals surface area contributed by atoms with E-state index in [1.165, 1.54) is 24.1 Å². The molecule has 0 saturated heterocycles. The smallest absolute Gasteiger partial charge is 0.305 e. The Bertz CT molecular complexity index is 1360. The molecule has 0 aliphatic heterocycles. The number of benzene rings is 3. The largest absolute Gasteiger partial charge is 0.491 e. The molecule has 0 heterocycles. The summed E-state index contributed by atoms with van der Waals surface area (Å²) in [6, 6.07) is 17.8. The van der Waals surface area contributed by atoms with Crippen molar-refractivity contribution >= 4 is 34.8 Å². The van der Waals surface area contributed by atoms with Crippen molar-refractivity contribution in [2.75, 3.05) is 30.5 Å². The molecule has 1 N–H and O–H groups in total. The Balaban J connectivity index is 1.69. The number of carbonyl (C=O) groups is 3. The molecule has 3 rings (SSSR count). The van der Waals surface area contributed by atoms with E-state index in [9.17, 15) is 24.5 Å². The predicted molar refractivity (Wildman–Crippen MR) is 152 cm³/mol. The number of anilines is 2. The lowest BCUT2D eigenvalue weighted by Crippen LogP contribution is -2.27. The molecule has 0 spiro atoms. The van der Waals surface area contributed by atoms with Crippen molar-refractivity contribution in [3.8, 4) is 5.75 Å². The van der Waals surface area contributed by atoms with Crippen LogP contribution < -0.4 is 15.0 Å². The molecule has 210 valence electrons. The standard InChI is InChI=1S/C30H33N3O7/c1-4-39-28(34)12-6-5-9-19-40-27-11-8-7-10-25(27)32(3)30(36)24-18-15-22(20-26(24)33(37)38)29(35)31-23-16-13-21(2)14-17-23/h7-8,10-11,13-18,20H,4-6,9,12,19H2,1-3H3,(H,31,35). The molecule has 0 radical (unpaired) electrons. The molecule has 3 aromatic rings. The Morgan fingerprint density at radius 2 is 1.70 bits per heavy atom. The van der Waals surface area contributed by atoms with E-state index in [2.05, 4.69) is 5.32 Å². The number of hydrogen-bond donors (Lipinski definition) is 1. The number of para-hydroxylation sites is 2. The molecular weight excluding hydrogens is 514 g/mol. The van der Waals surface area contributed by atoms with E-state index in [1.807, 2.05) is 19.1 Å². The second kappa shape index (κ2) is 14.4. The lowest BCUT2D eigenvalue weighted by atomic mass is 10.1. The zero-order chi connectivity index (χ0) is 29.1. The highest BCUT2D eigenvalue weighted by atomic mass is 16.6. The summed E-state index contributed by atoms with van der Waals surface area (Å²) in [6.45, 7) is 4.42. The minimum Gasteiger partial charge on any atom is -0.491 e. The minimum atomic E-state index is -0.678. The summed E-state index contributed by atoms with van der Waals surface area (Å²) in [5, 5.41) is 14.6. The van der Waals surface area contributed by atoms with Crippen molar-refractivity contribution < 1.29 is 28.8 Å². The number of aryl methyl sites for hydroxylation is 1. The lowest BCUT2D eigenvalue weighted by Gasteiger charge is -2.21. The number of carbonyl (C=O) groups excluding carboxylic acids is 3. The van der Waals surface area contributed by atoms with Gasteiger partial charge in [-0.3, -0.25) is 24.5 Å². The van der Waals surface area contributed by atoms with Gasteiger partial charge in [0.25, 0.3) is 17.5 Å². The first-order valence-corrected chi connectivity index (χ1v) is 13.0. The van der Waals surface area contributed by atoms with Crippen LogP contribution in [0.3, 0.4) is 0 Å². The fourth-order valence-electron chi connectivity index (χ4n) is 3.95. The van der Waals surface area contributed by atoms with Gasteiger partial charge in [-0.2, -0.15) is 0 Å². The van der Waals surface area contributed by atoms with Crippen LogP contribution in [-0.2, 0) is 9.53 Å². The topological polar surface area (TPSA) is 128 Å². The van der Waals surface area contributed by atoms with E-state index >= 15 is 0 Å². The van der Waals surface area contributed by atoms with Crippen LogP contribution in [0.4, 0.5) is 17.1 Å². The van der Waals surface area contributed by atoms with Crippen LogP contribution in [0.5, 0.6) is 5.75 Å². The third-order valence-corrected chi connectivity index (χ3v) is 6.12. The zero-order valence-electron chi connectivity index (χ0n) is 22.8. The summed E-state index contributed by atoms with van der Waals surface area (Å²) in [5.74, 6) is -0.925. The highest BCUT2D eigenvalue weighted by Gasteiger charge is 2.26. The van der Waals surface area contributed by atoms with Gasteiger partial charge in [-0.1, -0.05) is 29.8 Å². The molecule has 2 amide bonds. The molecule has 0 aromatic heterocycles. The van der Waals surface area contributed by atoms with Crippen molar-refractivity contribution in [1.29, 1.82) is 0 Å². The van der Waals surface area contributed by atoms with Gasteiger partial charge in [-0.05, 0) is 69.5 Å². The number of rotatable bonds is 13.